The maximum absolute atomic E-state index is 12.2. The van der Waals surface area contributed by atoms with Gasteiger partial charge in [0, 0.05) is 6.07 Å². The van der Waals surface area contributed by atoms with Gasteiger partial charge in [-0.05, 0) is 12.8 Å². The molecule has 25 heavy (non-hydrogen) atoms. The van der Waals surface area contributed by atoms with Crippen LogP contribution in [0.15, 0.2) is 17.1 Å². The molecule has 1 aromatic rings. The molecule has 1 aliphatic rings. The van der Waals surface area contributed by atoms with Gasteiger partial charge in [-0.25, -0.2) is 0 Å². The Hall–Kier alpha value is -2.01. The van der Waals surface area contributed by atoms with E-state index in [1.165, 1.54) is 19.2 Å². The molecular weight excluding hydrogens is 332 g/mol. The summed E-state index contributed by atoms with van der Waals surface area (Å²) < 4.78 is 12.0. The highest BCUT2D eigenvalue weighted by Gasteiger charge is 2.58. The van der Waals surface area contributed by atoms with Crippen molar-refractivity contribution in [3.63, 3.8) is 0 Å². The number of nitrogens with one attached hydrogen (secondary N) is 1. The van der Waals surface area contributed by atoms with Crippen LogP contribution in [-0.2, 0) is 14.3 Å². The molecule has 0 aliphatic carbocycles. The zero-order chi connectivity index (χ0) is 18.9. The Morgan fingerprint density at radius 3 is 2.72 bits per heavy atom. The Kier molecular flexibility index (Phi) is 5.47. The predicted octanol–water partition coefficient (Wildman–Crippen LogP) is -2.22. The third-order valence-electron chi connectivity index (χ3n) is 4.28. The monoisotopic (exact) mass is 357 g/mol. The Bertz CT molecular complexity index is 689. The molecule has 0 saturated carbocycles. The average molecular weight is 357 g/mol. The van der Waals surface area contributed by atoms with Crippen molar-refractivity contribution >= 4 is 11.8 Å². The Morgan fingerprint density at radius 1 is 1.56 bits per heavy atom. The lowest BCUT2D eigenvalue weighted by atomic mass is 9.95. The van der Waals surface area contributed by atoms with E-state index in [-0.39, 0.29) is 11.7 Å². The second-order valence-corrected chi connectivity index (χ2v) is 6.67. The third kappa shape index (κ3) is 3.66. The van der Waals surface area contributed by atoms with Crippen LogP contribution in [0.3, 0.4) is 0 Å². The van der Waals surface area contributed by atoms with Gasteiger partial charge >= 0.3 is 11.7 Å². The van der Waals surface area contributed by atoms with Crippen molar-refractivity contribution in [2.24, 2.45) is 11.7 Å². The Morgan fingerprint density at radius 2 is 2.20 bits per heavy atom. The van der Waals surface area contributed by atoms with Gasteiger partial charge in [0.2, 0.25) is 6.23 Å². The zero-order valence-electron chi connectivity index (χ0n) is 14.4. The number of rotatable bonds is 5. The number of nitrogens with two attached hydrogens (primary N) is 2. The van der Waals surface area contributed by atoms with E-state index in [4.69, 9.17) is 20.9 Å². The first-order valence-corrected chi connectivity index (χ1v) is 7.94. The summed E-state index contributed by atoms with van der Waals surface area (Å²) in [7, 11) is 0. The number of aliphatic hydroxyl groups is 2. The van der Waals surface area contributed by atoms with Crippen LogP contribution in [0.25, 0.3) is 0 Å². The smallest absolute Gasteiger partial charge is 0.455 e. The summed E-state index contributed by atoms with van der Waals surface area (Å²) in [5, 5.41) is 20.4. The zero-order valence-corrected chi connectivity index (χ0v) is 14.4. The highest BCUT2D eigenvalue weighted by atomic mass is 16.6. The molecule has 0 spiro atoms. The normalized spacial score (nSPS) is 30.4. The third-order valence-corrected chi connectivity index (χ3v) is 4.28. The van der Waals surface area contributed by atoms with Crippen LogP contribution in [0.2, 0.25) is 0 Å². The van der Waals surface area contributed by atoms with Crippen molar-refractivity contribution in [2.45, 2.75) is 50.8 Å². The number of esters is 1. The summed E-state index contributed by atoms with van der Waals surface area (Å²) in [5.41, 5.74) is 8.87. The fourth-order valence-corrected chi connectivity index (χ4v) is 2.69. The van der Waals surface area contributed by atoms with Crippen LogP contribution in [0.4, 0.5) is 5.82 Å². The molecule has 5 atom stereocenters. The number of hydrogen-bond donors (Lipinski definition) is 5. The lowest BCUT2D eigenvalue weighted by Gasteiger charge is -2.29. The fourth-order valence-electron chi connectivity index (χ4n) is 2.69. The van der Waals surface area contributed by atoms with Gasteiger partial charge in [-0.15, -0.1) is 0 Å². The van der Waals surface area contributed by atoms with E-state index in [0.717, 1.165) is 4.57 Å². The quantitative estimate of drug-likeness (QED) is 0.292. The number of carbonyl (C=O) groups excluding carboxylic acids is 1. The van der Waals surface area contributed by atoms with E-state index in [1.807, 2.05) is 0 Å². The molecule has 1 fully saturated rings. The maximum atomic E-state index is 12.2. The van der Waals surface area contributed by atoms with E-state index < -0.39 is 48.3 Å². The first kappa shape index (κ1) is 19.3. The summed E-state index contributed by atoms with van der Waals surface area (Å²) in [4.78, 5) is 26.6. The lowest BCUT2D eigenvalue weighted by molar-refractivity contribution is -0.786. The first-order valence-electron chi connectivity index (χ1n) is 7.94. The molecule has 7 N–H and O–H groups in total. The van der Waals surface area contributed by atoms with Crippen molar-refractivity contribution in [2.75, 3.05) is 12.3 Å². The summed E-state index contributed by atoms with van der Waals surface area (Å²) in [6.45, 7) is 4.35. The summed E-state index contributed by atoms with van der Waals surface area (Å²) in [5.74, 6) is -0.750. The molecule has 10 nitrogen and oxygen atoms in total. The minimum Gasteiger partial charge on any atom is -0.455 e. The summed E-state index contributed by atoms with van der Waals surface area (Å²) in [6.07, 6.45) is -2.08. The molecule has 2 unspecified atom stereocenters. The molecule has 2 heterocycles. The second kappa shape index (κ2) is 7.08. The predicted molar refractivity (Wildman–Crippen MR) is 86.0 cm³/mol. The van der Waals surface area contributed by atoms with E-state index in [1.54, 1.807) is 13.8 Å². The van der Waals surface area contributed by atoms with Crippen molar-refractivity contribution in [3.8, 4) is 0 Å². The Balaban J connectivity index is 2.32. The molecular formula is C15H25N4O6+. The molecule has 1 saturated heterocycles. The van der Waals surface area contributed by atoms with E-state index >= 15 is 0 Å². The van der Waals surface area contributed by atoms with Crippen LogP contribution in [0, 0.1) is 5.92 Å². The fraction of sp³-hybridized carbons (Fsp3) is 0.667. The molecule has 0 bridgehead atoms. The van der Waals surface area contributed by atoms with Gasteiger partial charge in [0.1, 0.15) is 18.3 Å². The number of aromatic amines is 1. The Labute approximate surface area is 144 Å². The average Bonchev–Trinajstić information content (AvgIpc) is 2.77. The number of carbonyl (C=O) groups is 1. The largest absolute Gasteiger partial charge is 0.499 e. The SMILES string of the molecule is CC(C)C(N)C(=O)OC1[C@@H](CO)O[C@@H]([n+]2ccc(N)[nH]c2=O)[C@@]1(C)O. The molecule has 0 amide bonds. The highest BCUT2D eigenvalue weighted by Crippen LogP contribution is 2.36. The van der Waals surface area contributed by atoms with Gasteiger partial charge in [0.25, 0.3) is 0 Å². The minimum atomic E-state index is -1.78. The van der Waals surface area contributed by atoms with Crippen molar-refractivity contribution in [1.29, 1.82) is 0 Å². The number of ether oxygens (including phenoxy) is 2. The lowest BCUT2D eigenvalue weighted by Crippen LogP contribution is -2.62. The molecule has 1 aliphatic heterocycles. The molecule has 0 radical (unpaired) electrons. The van der Waals surface area contributed by atoms with Gasteiger partial charge in [0.05, 0.1) is 6.61 Å². The van der Waals surface area contributed by atoms with Gasteiger partial charge in [0.15, 0.2) is 17.5 Å². The number of nitrogen functional groups attached to an aromatic ring is 1. The van der Waals surface area contributed by atoms with Crippen LogP contribution >= 0.6 is 0 Å². The number of hydrogen-bond acceptors (Lipinski definition) is 8. The van der Waals surface area contributed by atoms with Gasteiger partial charge in [-0.1, -0.05) is 13.8 Å². The second-order valence-electron chi connectivity index (χ2n) is 6.67. The van der Waals surface area contributed by atoms with Crippen LogP contribution in [-0.4, -0.2) is 51.6 Å². The standard InChI is InChI=1S/C15H24N4O6/c1-7(2)10(17)12(21)25-11-8(6-20)24-13(15(11,3)23)19-5-4-9(16)18-14(19)22/h4-5,7-8,10-11,13,20,23H,6,17H2,1-3H3,(H2,16,18,22)/p+1/t8-,10?,11?,13-,15+/m1/s1. The number of H-pyrrole nitrogens is 1. The molecule has 10 heteroatoms. The van der Waals surface area contributed by atoms with Crippen molar-refractivity contribution in [1.82, 2.24) is 4.98 Å². The highest BCUT2D eigenvalue weighted by molar-refractivity contribution is 5.76. The van der Waals surface area contributed by atoms with Gasteiger partial charge in [-0.2, -0.15) is 14.3 Å². The van der Waals surface area contributed by atoms with Crippen molar-refractivity contribution < 1.29 is 29.0 Å². The minimum absolute atomic E-state index is 0.142. The van der Waals surface area contributed by atoms with E-state index in [0.29, 0.717) is 0 Å². The number of aliphatic hydroxyl groups excluding tert-OH is 1. The van der Waals surface area contributed by atoms with Crippen LogP contribution in [0.5, 0.6) is 0 Å². The molecule has 2 rings (SSSR count). The summed E-state index contributed by atoms with van der Waals surface area (Å²) in [6, 6.07) is 0.532. The van der Waals surface area contributed by atoms with Crippen molar-refractivity contribution in [3.05, 3.63) is 22.7 Å². The maximum Gasteiger partial charge on any atom is 0.499 e. The van der Waals surface area contributed by atoms with Crippen LogP contribution < -0.4 is 21.7 Å². The van der Waals surface area contributed by atoms with Crippen LogP contribution in [0.1, 0.15) is 27.0 Å². The van der Waals surface area contributed by atoms with E-state index in [9.17, 15) is 19.8 Å². The number of nitrogens with zero attached hydrogens (tertiary/aromatic N) is 1. The molecule has 1 aromatic heterocycles. The summed E-state index contributed by atoms with van der Waals surface area (Å²) >= 11 is 0. The topological polar surface area (TPSA) is 165 Å². The molecule has 0 aromatic carbocycles. The molecule has 140 valence electrons. The van der Waals surface area contributed by atoms with E-state index in [2.05, 4.69) is 4.98 Å². The first-order chi connectivity index (χ1) is 11.6. The van der Waals surface area contributed by atoms with Gasteiger partial charge < -0.3 is 31.2 Å². The van der Waals surface area contributed by atoms with Gasteiger partial charge in [-0.3, -0.25) is 4.79 Å². The number of aromatic nitrogens is 2. The number of anilines is 1.